The predicted octanol–water partition coefficient (Wildman–Crippen LogP) is 3.13. The van der Waals surface area contributed by atoms with Crippen LogP contribution < -0.4 is 0 Å². The van der Waals surface area contributed by atoms with Crippen LogP contribution in [0.1, 0.15) is 38.4 Å². The predicted molar refractivity (Wildman–Crippen MR) is 83.0 cm³/mol. The zero-order chi connectivity index (χ0) is 15.8. The Hall–Kier alpha value is -1.39. The second-order valence-corrected chi connectivity index (χ2v) is 6.72. The third-order valence-corrected chi connectivity index (χ3v) is 3.81. The molecule has 0 aliphatic heterocycles. The Morgan fingerprint density at radius 2 is 1.90 bits per heavy atom. The summed E-state index contributed by atoms with van der Waals surface area (Å²) in [5, 5.41) is 20.0. The molecule has 1 heterocycles. The Balaban J connectivity index is 2.60. The van der Waals surface area contributed by atoms with Crippen LogP contribution in [0, 0.1) is 12.7 Å². The van der Waals surface area contributed by atoms with E-state index < -0.39 is 6.10 Å². The van der Waals surface area contributed by atoms with Crippen LogP contribution in [-0.2, 0) is 12.0 Å². The smallest absolute Gasteiger partial charge is 0.128 e. The fraction of sp³-hybridized carbons (Fsp3) is 0.529. The molecule has 21 heavy (non-hydrogen) atoms. The van der Waals surface area contributed by atoms with Gasteiger partial charge < -0.3 is 14.8 Å². The highest BCUT2D eigenvalue weighted by atomic mass is 19.1. The van der Waals surface area contributed by atoms with Crippen molar-refractivity contribution in [1.29, 1.82) is 0 Å². The van der Waals surface area contributed by atoms with Gasteiger partial charge in [-0.2, -0.15) is 0 Å². The van der Waals surface area contributed by atoms with Crippen LogP contribution in [0.15, 0.2) is 18.2 Å². The monoisotopic (exact) mass is 293 g/mol. The van der Waals surface area contributed by atoms with Gasteiger partial charge in [-0.3, -0.25) is 0 Å². The lowest BCUT2D eigenvalue weighted by molar-refractivity contribution is 0.116. The first-order chi connectivity index (χ1) is 9.74. The molecule has 1 aromatic heterocycles. The Morgan fingerprint density at radius 1 is 1.24 bits per heavy atom. The van der Waals surface area contributed by atoms with Crippen LogP contribution in [0.5, 0.6) is 0 Å². The third kappa shape index (κ3) is 3.27. The van der Waals surface area contributed by atoms with Crippen LogP contribution >= 0.6 is 0 Å². The molecule has 0 aliphatic rings. The minimum atomic E-state index is -0.643. The summed E-state index contributed by atoms with van der Waals surface area (Å²) < 4.78 is 15.9. The number of rotatable bonds is 4. The number of halogens is 1. The van der Waals surface area contributed by atoms with E-state index in [1.807, 2.05) is 10.6 Å². The number of aryl methyl sites for hydroxylation is 1. The molecule has 1 unspecified atom stereocenters. The molecule has 0 aliphatic carbocycles. The van der Waals surface area contributed by atoms with Crippen LogP contribution in [0.3, 0.4) is 0 Å². The van der Waals surface area contributed by atoms with E-state index in [1.54, 1.807) is 6.92 Å². The number of nitrogens with zero attached hydrogens (tertiary/aromatic N) is 1. The first-order valence-electron chi connectivity index (χ1n) is 7.33. The van der Waals surface area contributed by atoms with E-state index in [0.29, 0.717) is 18.5 Å². The first kappa shape index (κ1) is 16.0. The van der Waals surface area contributed by atoms with Crippen molar-refractivity contribution in [2.75, 3.05) is 6.61 Å². The highest BCUT2D eigenvalue weighted by Crippen LogP contribution is 2.31. The Bertz CT molecular complexity index is 640. The van der Waals surface area contributed by atoms with Gasteiger partial charge in [-0.15, -0.1) is 0 Å². The second kappa shape index (κ2) is 5.78. The molecule has 0 spiro atoms. The Morgan fingerprint density at radius 3 is 2.48 bits per heavy atom. The second-order valence-electron chi connectivity index (χ2n) is 6.72. The fourth-order valence-corrected chi connectivity index (χ4v) is 2.67. The maximum atomic E-state index is 13.9. The van der Waals surface area contributed by atoms with Gasteiger partial charge in [-0.1, -0.05) is 20.8 Å². The number of aromatic nitrogens is 1. The van der Waals surface area contributed by atoms with Gasteiger partial charge in [0.25, 0.3) is 0 Å². The van der Waals surface area contributed by atoms with Gasteiger partial charge in [-0.05, 0) is 37.1 Å². The van der Waals surface area contributed by atoms with E-state index in [4.69, 9.17) is 5.11 Å². The SMILES string of the molecule is Cc1cc2cc(C(C)(C)C)n(CC(O)CCO)c2cc1F. The van der Waals surface area contributed by atoms with Crippen molar-refractivity contribution in [3.8, 4) is 0 Å². The van der Waals surface area contributed by atoms with Crippen molar-refractivity contribution >= 4 is 10.9 Å². The van der Waals surface area contributed by atoms with Gasteiger partial charge >= 0.3 is 0 Å². The summed E-state index contributed by atoms with van der Waals surface area (Å²) in [7, 11) is 0. The van der Waals surface area contributed by atoms with E-state index in [0.717, 1.165) is 16.6 Å². The molecule has 0 amide bonds. The molecule has 2 rings (SSSR count). The minimum Gasteiger partial charge on any atom is -0.396 e. The first-order valence-corrected chi connectivity index (χ1v) is 7.33. The van der Waals surface area contributed by atoms with Gasteiger partial charge in [0.15, 0.2) is 0 Å². The lowest BCUT2D eigenvalue weighted by Crippen LogP contribution is -2.23. The van der Waals surface area contributed by atoms with Crippen LogP contribution in [0.4, 0.5) is 4.39 Å². The number of fused-ring (bicyclic) bond motifs is 1. The molecule has 2 N–H and O–H groups in total. The van der Waals surface area contributed by atoms with Crippen LogP contribution in [0.2, 0.25) is 0 Å². The lowest BCUT2D eigenvalue weighted by Gasteiger charge is -2.23. The zero-order valence-corrected chi connectivity index (χ0v) is 13.2. The number of benzene rings is 1. The van der Waals surface area contributed by atoms with Gasteiger partial charge in [0, 0.05) is 29.6 Å². The number of hydrogen-bond donors (Lipinski definition) is 2. The highest BCUT2D eigenvalue weighted by Gasteiger charge is 2.22. The zero-order valence-electron chi connectivity index (χ0n) is 13.2. The molecule has 1 atom stereocenters. The quantitative estimate of drug-likeness (QED) is 0.909. The molecule has 4 heteroatoms. The van der Waals surface area contributed by atoms with Crippen molar-refractivity contribution in [2.24, 2.45) is 0 Å². The summed E-state index contributed by atoms with van der Waals surface area (Å²) in [6.07, 6.45) is -0.325. The van der Waals surface area contributed by atoms with Crippen molar-refractivity contribution in [3.63, 3.8) is 0 Å². The summed E-state index contributed by atoms with van der Waals surface area (Å²) in [6.45, 7) is 8.35. The number of aliphatic hydroxyl groups excluding tert-OH is 2. The normalized spacial score (nSPS) is 13.9. The maximum absolute atomic E-state index is 13.9. The van der Waals surface area contributed by atoms with Gasteiger partial charge in [0.05, 0.1) is 11.6 Å². The van der Waals surface area contributed by atoms with E-state index in [2.05, 4.69) is 26.8 Å². The molecule has 0 saturated heterocycles. The van der Waals surface area contributed by atoms with Gasteiger partial charge in [0.1, 0.15) is 5.82 Å². The van der Waals surface area contributed by atoms with E-state index >= 15 is 0 Å². The Kier molecular flexibility index (Phi) is 4.40. The van der Waals surface area contributed by atoms with Crippen LogP contribution in [-0.4, -0.2) is 27.5 Å². The molecule has 0 radical (unpaired) electrons. The molecule has 0 fully saturated rings. The molecule has 0 bridgehead atoms. The average Bonchev–Trinajstić information content (AvgIpc) is 2.68. The number of aliphatic hydroxyl groups is 2. The van der Waals surface area contributed by atoms with Crippen molar-refractivity contribution in [3.05, 3.63) is 35.3 Å². The van der Waals surface area contributed by atoms with Crippen molar-refractivity contribution < 1.29 is 14.6 Å². The van der Waals surface area contributed by atoms with E-state index in [9.17, 15) is 9.50 Å². The standard InChI is InChI=1S/C17H24FNO2/c1-11-7-12-8-16(17(2,3)4)19(10-13(21)5-6-20)15(12)9-14(11)18/h7-9,13,20-21H,5-6,10H2,1-4H3. The summed E-state index contributed by atoms with van der Waals surface area (Å²) in [5.74, 6) is -0.237. The van der Waals surface area contributed by atoms with Gasteiger partial charge in [0.2, 0.25) is 0 Å². The third-order valence-electron chi connectivity index (χ3n) is 3.81. The topological polar surface area (TPSA) is 45.4 Å². The molecule has 1 aromatic carbocycles. The van der Waals surface area contributed by atoms with E-state index in [-0.39, 0.29) is 17.8 Å². The molecular weight excluding hydrogens is 269 g/mol. The number of hydrogen-bond acceptors (Lipinski definition) is 2. The van der Waals surface area contributed by atoms with Crippen molar-refractivity contribution in [1.82, 2.24) is 4.57 Å². The molecule has 0 saturated carbocycles. The van der Waals surface area contributed by atoms with Crippen molar-refractivity contribution in [2.45, 2.75) is 52.2 Å². The molecule has 3 nitrogen and oxygen atoms in total. The minimum absolute atomic E-state index is 0.0569. The highest BCUT2D eigenvalue weighted by molar-refractivity contribution is 5.82. The average molecular weight is 293 g/mol. The maximum Gasteiger partial charge on any atom is 0.128 e. The fourth-order valence-electron chi connectivity index (χ4n) is 2.67. The Labute approximate surface area is 125 Å². The molecule has 116 valence electrons. The lowest BCUT2D eigenvalue weighted by atomic mass is 9.92. The largest absolute Gasteiger partial charge is 0.396 e. The molecule has 2 aromatic rings. The van der Waals surface area contributed by atoms with Gasteiger partial charge in [-0.25, -0.2) is 4.39 Å². The molecular formula is C17H24FNO2. The summed E-state index contributed by atoms with van der Waals surface area (Å²) >= 11 is 0. The van der Waals surface area contributed by atoms with E-state index in [1.165, 1.54) is 6.07 Å². The summed E-state index contributed by atoms with van der Waals surface area (Å²) in [5.41, 5.74) is 2.36. The van der Waals surface area contributed by atoms with Crippen LogP contribution in [0.25, 0.3) is 10.9 Å². The summed E-state index contributed by atoms with van der Waals surface area (Å²) in [4.78, 5) is 0. The summed E-state index contributed by atoms with van der Waals surface area (Å²) in [6, 6.07) is 5.44.